The summed E-state index contributed by atoms with van der Waals surface area (Å²) in [6, 6.07) is 17.0. The smallest absolute Gasteiger partial charge is 0.253 e. The van der Waals surface area contributed by atoms with Gasteiger partial charge in [0.1, 0.15) is 0 Å². The van der Waals surface area contributed by atoms with Gasteiger partial charge in [-0.2, -0.15) is 5.10 Å². The van der Waals surface area contributed by atoms with Gasteiger partial charge in [-0.1, -0.05) is 30.3 Å². The van der Waals surface area contributed by atoms with E-state index in [1.54, 1.807) is 43.2 Å². The molecule has 0 aliphatic heterocycles. The van der Waals surface area contributed by atoms with E-state index in [0.717, 1.165) is 16.8 Å². The van der Waals surface area contributed by atoms with Gasteiger partial charge in [-0.05, 0) is 35.9 Å². The van der Waals surface area contributed by atoms with E-state index in [-0.39, 0.29) is 11.8 Å². The Morgan fingerprint density at radius 1 is 1.07 bits per heavy atom. The van der Waals surface area contributed by atoms with Gasteiger partial charge >= 0.3 is 0 Å². The molecule has 2 aromatic carbocycles. The lowest BCUT2D eigenvalue weighted by molar-refractivity contribution is -0.116. The Morgan fingerprint density at radius 2 is 1.79 bits per heavy atom. The van der Waals surface area contributed by atoms with Crippen LogP contribution in [0.5, 0.6) is 0 Å². The molecule has 1 N–H and O–H groups in total. The maximum absolute atomic E-state index is 12.0. The molecule has 1 aromatic heterocycles. The lowest BCUT2D eigenvalue weighted by Gasteiger charge is -2.10. The lowest BCUT2D eigenvalue weighted by Crippen LogP contribution is -2.22. The summed E-state index contributed by atoms with van der Waals surface area (Å²) < 4.78 is 1.76. The molecule has 2 amide bonds. The Balaban J connectivity index is 1.53. The summed E-state index contributed by atoms with van der Waals surface area (Å²) in [7, 11) is 3.43. The SMILES string of the molecule is CN(C)C(=O)c1ccc(CNC(=O)/C=C/c2cnn(-c3ccccc3)c2)cc1. The van der Waals surface area contributed by atoms with Crippen LogP contribution in [-0.4, -0.2) is 40.6 Å². The largest absolute Gasteiger partial charge is 0.348 e. The second-order valence-corrected chi connectivity index (χ2v) is 6.50. The average molecular weight is 374 g/mol. The molecule has 6 nitrogen and oxygen atoms in total. The number of carbonyl (C=O) groups excluding carboxylic acids is 2. The Bertz CT molecular complexity index is 973. The molecule has 0 radical (unpaired) electrons. The molecule has 1 heterocycles. The number of aromatic nitrogens is 2. The van der Waals surface area contributed by atoms with Crippen LogP contribution in [0.15, 0.2) is 73.1 Å². The van der Waals surface area contributed by atoms with Crippen molar-refractivity contribution in [2.45, 2.75) is 6.54 Å². The van der Waals surface area contributed by atoms with Crippen LogP contribution in [0.1, 0.15) is 21.5 Å². The molecular formula is C22H22N4O2. The van der Waals surface area contributed by atoms with Crippen molar-refractivity contribution in [3.8, 4) is 5.69 Å². The molecule has 0 saturated heterocycles. The number of carbonyl (C=O) groups is 2. The number of rotatable bonds is 6. The third-order valence-corrected chi connectivity index (χ3v) is 4.12. The Kier molecular flexibility index (Phi) is 6.01. The van der Waals surface area contributed by atoms with Crippen LogP contribution in [0, 0.1) is 0 Å². The van der Waals surface area contributed by atoms with Crippen molar-refractivity contribution < 1.29 is 9.59 Å². The summed E-state index contributed by atoms with van der Waals surface area (Å²) in [5.74, 6) is -0.240. The summed E-state index contributed by atoms with van der Waals surface area (Å²) in [5.41, 5.74) is 3.35. The number of hydrogen-bond acceptors (Lipinski definition) is 3. The highest BCUT2D eigenvalue weighted by atomic mass is 16.2. The fourth-order valence-electron chi connectivity index (χ4n) is 2.59. The molecule has 3 aromatic rings. The molecule has 0 unspecified atom stereocenters. The van der Waals surface area contributed by atoms with Crippen LogP contribution in [0.2, 0.25) is 0 Å². The third-order valence-electron chi connectivity index (χ3n) is 4.12. The molecule has 28 heavy (non-hydrogen) atoms. The van der Waals surface area contributed by atoms with Crippen LogP contribution in [0.25, 0.3) is 11.8 Å². The topological polar surface area (TPSA) is 67.2 Å². The molecule has 0 aliphatic carbocycles. The lowest BCUT2D eigenvalue weighted by atomic mass is 10.1. The Morgan fingerprint density at radius 3 is 2.46 bits per heavy atom. The molecule has 0 atom stereocenters. The predicted molar refractivity (Wildman–Crippen MR) is 109 cm³/mol. The van der Waals surface area contributed by atoms with Crippen molar-refractivity contribution in [1.82, 2.24) is 20.0 Å². The molecule has 6 heteroatoms. The first kappa shape index (κ1) is 19.1. The number of amides is 2. The molecular weight excluding hydrogens is 352 g/mol. The van der Waals surface area contributed by atoms with Crippen LogP contribution in [-0.2, 0) is 11.3 Å². The zero-order valence-corrected chi connectivity index (χ0v) is 15.9. The van der Waals surface area contributed by atoms with Crippen LogP contribution in [0.3, 0.4) is 0 Å². The second-order valence-electron chi connectivity index (χ2n) is 6.50. The molecule has 0 spiro atoms. The van der Waals surface area contributed by atoms with Crippen LogP contribution >= 0.6 is 0 Å². The maximum Gasteiger partial charge on any atom is 0.253 e. The first-order valence-corrected chi connectivity index (χ1v) is 8.89. The van der Waals surface area contributed by atoms with E-state index in [1.165, 1.54) is 11.0 Å². The monoisotopic (exact) mass is 374 g/mol. The first-order chi connectivity index (χ1) is 13.5. The highest BCUT2D eigenvalue weighted by Gasteiger charge is 2.07. The van der Waals surface area contributed by atoms with Crippen molar-refractivity contribution in [2.24, 2.45) is 0 Å². The zero-order valence-electron chi connectivity index (χ0n) is 15.9. The highest BCUT2D eigenvalue weighted by Crippen LogP contribution is 2.09. The Hall–Kier alpha value is -3.67. The van der Waals surface area contributed by atoms with Gasteiger partial charge in [0.25, 0.3) is 5.91 Å². The third kappa shape index (κ3) is 4.94. The van der Waals surface area contributed by atoms with E-state index in [9.17, 15) is 9.59 Å². The van der Waals surface area contributed by atoms with E-state index in [0.29, 0.717) is 12.1 Å². The second kappa shape index (κ2) is 8.81. The van der Waals surface area contributed by atoms with Gasteiger partial charge in [-0.3, -0.25) is 9.59 Å². The number of hydrogen-bond donors (Lipinski definition) is 1. The summed E-state index contributed by atoms with van der Waals surface area (Å²) in [4.78, 5) is 25.4. The van der Waals surface area contributed by atoms with E-state index < -0.39 is 0 Å². The fourth-order valence-corrected chi connectivity index (χ4v) is 2.59. The van der Waals surface area contributed by atoms with Crippen molar-refractivity contribution in [1.29, 1.82) is 0 Å². The van der Waals surface area contributed by atoms with Crippen molar-refractivity contribution in [3.05, 3.63) is 89.8 Å². The summed E-state index contributed by atoms with van der Waals surface area (Å²) >= 11 is 0. The first-order valence-electron chi connectivity index (χ1n) is 8.89. The number of para-hydroxylation sites is 1. The number of benzene rings is 2. The molecule has 142 valence electrons. The quantitative estimate of drug-likeness (QED) is 0.675. The average Bonchev–Trinajstić information content (AvgIpc) is 3.20. The molecule has 0 bridgehead atoms. The standard InChI is InChI=1S/C22H22N4O2/c1-25(2)22(28)19-11-8-17(9-12-19)14-23-21(27)13-10-18-15-24-26(16-18)20-6-4-3-5-7-20/h3-13,15-16H,14H2,1-2H3,(H,23,27)/b13-10+. The summed E-state index contributed by atoms with van der Waals surface area (Å²) in [6.45, 7) is 0.392. The molecule has 0 aliphatic rings. The Labute approximate surface area is 164 Å². The fraction of sp³-hybridized carbons (Fsp3) is 0.136. The zero-order chi connectivity index (χ0) is 19.9. The predicted octanol–water partition coefficient (Wildman–Crippen LogP) is 2.90. The van der Waals surface area contributed by atoms with Crippen molar-refractivity contribution >= 4 is 17.9 Å². The van der Waals surface area contributed by atoms with Gasteiger partial charge in [0.2, 0.25) is 5.91 Å². The number of nitrogens with one attached hydrogen (secondary N) is 1. The minimum Gasteiger partial charge on any atom is -0.348 e. The molecule has 0 saturated carbocycles. The van der Waals surface area contributed by atoms with Crippen LogP contribution in [0.4, 0.5) is 0 Å². The minimum atomic E-state index is -0.194. The van der Waals surface area contributed by atoms with E-state index in [2.05, 4.69) is 10.4 Å². The van der Waals surface area contributed by atoms with E-state index >= 15 is 0 Å². The minimum absolute atomic E-state index is 0.0467. The highest BCUT2D eigenvalue weighted by molar-refractivity contribution is 5.94. The van der Waals surface area contributed by atoms with Gasteiger partial charge in [-0.15, -0.1) is 0 Å². The summed E-state index contributed by atoms with van der Waals surface area (Å²) in [6.07, 6.45) is 6.77. The van der Waals surface area contributed by atoms with Crippen molar-refractivity contribution in [3.63, 3.8) is 0 Å². The van der Waals surface area contributed by atoms with Gasteiger partial charge in [0, 0.05) is 44.0 Å². The van der Waals surface area contributed by atoms with E-state index in [1.807, 2.05) is 48.7 Å². The number of nitrogens with zero attached hydrogens (tertiary/aromatic N) is 3. The van der Waals surface area contributed by atoms with Gasteiger partial charge in [0.05, 0.1) is 11.9 Å². The van der Waals surface area contributed by atoms with Crippen LogP contribution < -0.4 is 5.32 Å². The van der Waals surface area contributed by atoms with Gasteiger partial charge < -0.3 is 10.2 Å². The van der Waals surface area contributed by atoms with E-state index in [4.69, 9.17) is 0 Å². The molecule has 3 rings (SSSR count). The van der Waals surface area contributed by atoms with Gasteiger partial charge in [0.15, 0.2) is 0 Å². The van der Waals surface area contributed by atoms with Crippen molar-refractivity contribution in [2.75, 3.05) is 14.1 Å². The normalized spacial score (nSPS) is 10.8. The maximum atomic E-state index is 12.0. The summed E-state index contributed by atoms with van der Waals surface area (Å²) in [5, 5.41) is 7.13. The molecule has 0 fully saturated rings. The van der Waals surface area contributed by atoms with Gasteiger partial charge in [-0.25, -0.2) is 4.68 Å².